The average molecular weight is 216 g/mol. The lowest BCUT2D eigenvalue weighted by Crippen LogP contribution is -2.20. The van der Waals surface area contributed by atoms with Crippen LogP contribution in [0, 0.1) is 17.8 Å². The number of methoxy groups -OCH3 is 1. The fourth-order valence-corrected chi connectivity index (χ4v) is 1.40. The van der Waals surface area contributed by atoms with Crippen LogP contribution in [0.5, 0.6) is 5.75 Å². The van der Waals surface area contributed by atoms with Gasteiger partial charge in [-0.15, -0.1) is 6.42 Å². The van der Waals surface area contributed by atoms with E-state index >= 15 is 0 Å². The van der Waals surface area contributed by atoms with Crippen molar-refractivity contribution in [2.45, 2.75) is 20.8 Å². The summed E-state index contributed by atoms with van der Waals surface area (Å²) in [6.45, 7) is 5.65. The molecule has 0 fully saturated rings. The lowest BCUT2D eigenvalue weighted by molar-refractivity contribution is 0.0858. The number of rotatable bonds is 2. The van der Waals surface area contributed by atoms with E-state index in [2.05, 4.69) is 5.92 Å². The van der Waals surface area contributed by atoms with Crippen LogP contribution in [-0.2, 0) is 0 Å². The van der Waals surface area contributed by atoms with Crippen molar-refractivity contribution in [1.29, 1.82) is 0 Å². The van der Waals surface area contributed by atoms with Gasteiger partial charge in [0, 0.05) is 11.0 Å². The fraction of sp³-hybridized carbons (Fsp3) is 0.357. The molecule has 0 heterocycles. The molecule has 1 rings (SSSR count). The maximum atomic E-state index is 12.0. The summed E-state index contributed by atoms with van der Waals surface area (Å²) in [5.74, 6) is 3.21. The first-order valence-corrected chi connectivity index (χ1v) is 5.09. The van der Waals surface area contributed by atoms with Crippen LogP contribution < -0.4 is 4.74 Å². The van der Waals surface area contributed by atoms with E-state index in [0.717, 1.165) is 0 Å². The summed E-state index contributed by atoms with van der Waals surface area (Å²) in [4.78, 5) is 12.0. The monoisotopic (exact) mass is 216 g/mol. The molecule has 0 amide bonds. The van der Waals surface area contributed by atoms with Gasteiger partial charge in [0.05, 0.1) is 12.7 Å². The number of hydrogen-bond acceptors (Lipinski definition) is 2. The number of Topliss-reactive ketones (excluding diaryl/α,β-unsaturated/α-hetero) is 1. The summed E-state index contributed by atoms with van der Waals surface area (Å²) >= 11 is 0. The van der Waals surface area contributed by atoms with Crippen molar-refractivity contribution in [3.63, 3.8) is 0 Å². The number of ketones is 1. The lowest BCUT2D eigenvalue weighted by atomic mass is 9.86. The Morgan fingerprint density at radius 2 is 2.00 bits per heavy atom. The zero-order valence-corrected chi connectivity index (χ0v) is 10.1. The fourth-order valence-electron chi connectivity index (χ4n) is 1.40. The average Bonchev–Trinajstić information content (AvgIpc) is 2.25. The third kappa shape index (κ3) is 2.43. The standard InChI is InChI=1S/C14H16O2/c1-6-10-9-11(7-8-12(10)16-5)13(15)14(2,3)4/h1,7-9H,2-5H3. The maximum absolute atomic E-state index is 12.0. The van der Waals surface area contributed by atoms with Gasteiger partial charge >= 0.3 is 0 Å². The first-order chi connectivity index (χ1) is 7.40. The predicted octanol–water partition coefficient (Wildman–Crippen LogP) is 2.91. The molecule has 0 aliphatic carbocycles. The topological polar surface area (TPSA) is 26.3 Å². The second-order valence-corrected chi connectivity index (χ2v) is 4.64. The summed E-state index contributed by atoms with van der Waals surface area (Å²) in [6.07, 6.45) is 5.36. The third-order valence-electron chi connectivity index (χ3n) is 2.30. The van der Waals surface area contributed by atoms with E-state index in [4.69, 9.17) is 11.2 Å². The number of terminal acetylenes is 1. The Hall–Kier alpha value is -1.75. The summed E-state index contributed by atoms with van der Waals surface area (Å²) < 4.78 is 5.10. The molecule has 1 aromatic carbocycles. The van der Waals surface area contributed by atoms with Crippen LogP contribution in [0.3, 0.4) is 0 Å². The normalized spacial score (nSPS) is 10.7. The Labute approximate surface area is 96.6 Å². The molecule has 0 saturated heterocycles. The van der Waals surface area contributed by atoms with Crippen LogP contribution >= 0.6 is 0 Å². The summed E-state index contributed by atoms with van der Waals surface area (Å²) in [5.41, 5.74) is 0.833. The zero-order valence-electron chi connectivity index (χ0n) is 10.1. The second kappa shape index (κ2) is 4.40. The number of benzene rings is 1. The molecule has 0 spiro atoms. The van der Waals surface area contributed by atoms with Gasteiger partial charge in [-0.3, -0.25) is 4.79 Å². The number of ether oxygens (including phenoxy) is 1. The van der Waals surface area contributed by atoms with E-state index in [-0.39, 0.29) is 5.78 Å². The Morgan fingerprint density at radius 3 is 2.44 bits per heavy atom. The number of carbonyl (C=O) groups is 1. The minimum atomic E-state index is -0.402. The van der Waals surface area contributed by atoms with Crippen molar-refractivity contribution in [2.75, 3.05) is 7.11 Å². The second-order valence-electron chi connectivity index (χ2n) is 4.64. The van der Waals surface area contributed by atoms with E-state index in [1.165, 1.54) is 0 Å². The van der Waals surface area contributed by atoms with Crippen LogP contribution in [0.25, 0.3) is 0 Å². The van der Waals surface area contributed by atoms with E-state index in [0.29, 0.717) is 16.9 Å². The summed E-state index contributed by atoms with van der Waals surface area (Å²) in [5, 5.41) is 0. The zero-order chi connectivity index (χ0) is 12.3. The van der Waals surface area contributed by atoms with E-state index in [9.17, 15) is 4.79 Å². The minimum Gasteiger partial charge on any atom is -0.495 e. The molecule has 0 aliphatic heterocycles. The summed E-state index contributed by atoms with van der Waals surface area (Å²) in [7, 11) is 1.56. The molecule has 2 heteroatoms. The van der Waals surface area contributed by atoms with Gasteiger partial charge in [0.25, 0.3) is 0 Å². The highest BCUT2D eigenvalue weighted by molar-refractivity contribution is 6.00. The molecule has 0 unspecified atom stereocenters. The molecule has 0 aromatic heterocycles. The molecule has 0 saturated carbocycles. The van der Waals surface area contributed by atoms with Crippen molar-refractivity contribution < 1.29 is 9.53 Å². The van der Waals surface area contributed by atoms with E-state index in [1.807, 2.05) is 20.8 Å². The first kappa shape index (κ1) is 12.3. The molecule has 2 nitrogen and oxygen atoms in total. The van der Waals surface area contributed by atoms with Gasteiger partial charge in [0.15, 0.2) is 5.78 Å². The number of carbonyl (C=O) groups excluding carboxylic acids is 1. The van der Waals surface area contributed by atoms with Crippen LogP contribution in [-0.4, -0.2) is 12.9 Å². The van der Waals surface area contributed by atoms with Crippen LogP contribution in [0.2, 0.25) is 0 Å². The molecule has 0 radical (unpaired) electrons. The van der Waals surface area contributed by atoms with Crippen molar-refractivity contribution in [3.05, 3.63) is 29.3 Å². The predicted molar refractivity (Wildman–Crippen MR) is 64.7 cm³/mol. The van der Waals surface area contributed by atoms with Gasteiger partial charge in [-0.25, -0.2) is 0 Å². The van der Waals surface area contributed by atoms with Gasteiger partial charge in [-0.2, -0.15) is 0 Å². The van der Waals surface area contributed by atoms with Crippen LogP contribution in [0.4, 0.5) is 0 Å². The Bertz CT molecular complexity index is 445. The molecular weight excluding hydrogens is 200 g/mol. The molecule has 0 aliphatic rings. The highest BCUT2D eigenvalue weighted by Gasteiger charge is 2.23. The molecule has 1 aromatic rings. The smallest absolute Gasteiger partial charge is 0.168 e. The molecule has 0 N–H and O–H groups in total. The van der Waals surface area contributed by atoms with Gasteiger partial charge in [-0.1, -0.05) is 26.7 Å². The molecule has 0 atom stereocenters. The maximum Gasteiger partial charge on any atom is 0.168 e. The van der Waals surface area contributed by atoms with Crippen LogP contribution in [0.1, 0.15) is 36.7 Å². The van der Waals surface area contributed by atoms with Crippen LogP contribution in [0.15, 0.2) is 18.2 Å². The Balaban J connectivity index is 3.20. The van der Waals surface area contributed by atoms with E-state index < -0.39 is 5.41 Å². The van der Waals surface area contributed by atoms with Crippen molar-refractivity contribution in [1.82, 2.24) is 0 Å². The lowest BCUT2D eigenvalue weighted by Gasteiger charge is -2.17. The van der Waals surface area contributed by atoms with E-state index in [1.54, 1.807) is 25.3 Å². The minimum absolute atomic E-state index is 0.0756. The van der Waals surface area contributed by atoms with Gasteiger partial charge < -0.3 is 4.74 Å². The van der Waals surface area contributed by atoms with Gasteiger partial charge in [0.1, 0.15) is 5.75 Å². The van der Waals surface area contributed by atoms with Gasteiger partial charge in [0.2, 0.25) is 0 Å². The molecule has 0 bridgehead atoms. The summed E-state index contributed by atoms with van der Waals surface area (Å²) in [6, 6.07) is 5.17. The largest absolute Gasteiger partial charge is 0.495 e. The molecule has 84 valence electrons. The Morgan fingerprint density at radius 1 is 1.38 bits per heavy atom. The van der Waals surface area contributed by atoms with Crippen molar-refractivity contribution >= 4 is 5.78 Å². The molecular formula is C14H16O2. The van der Waals surface area contributed by atoms with Gasteiger partial charge in [-0.05, 0) is 18.2 Å². The number of hydrogen-bond donors (Lipinski definition) is 0. The SMILES string of the molecule is C#Cc1cc(C(=O)C(C)(C)C)ccc1OC. The highest BCUT2D eigenvalue weighted by atomic mass is 16.5. The Kier molecular flexibility index (Phi) is 3.39. The van der Waals surface area contributed by atoms with Crippen molar-refractivity contribution in [2.24, 2.45) is 5.41 Å². The highest BCUT2D eigenvalue weighted by Crippen LogP contribution is 2.25. The molecule has 16 heavy (non-hydrogen) atoms. The van der Waals surface area contributed by atoms with Crippen molar-refractivity contribution in [3.8, 4) is 18.1 Å². The third-order valence-corrected chi connectivity index (χ3v) is 2.30. The first-order valence-electron chi connectivity index (χ1n) is 5.09. The quantitative estimate of drug-likeness (QED) is 0.561.